The molecule has 1 aliphatic heterocycles. The number of methoxy groups -OCH3 is 1. The largest absolute Gasteiger partial charge is 0.380 e. The van der Waals surface area contributed by atoms with Gasteiger partial charge in [0, 0.05) is 25.9 Å². The average Bonchev–Trinajstić information content (AvgIpc) is 3.05. The van der Waals surface area contributed by atoms with E-state index in [9.17, 15) is 5.26 Å². The van der Waals surface area contributed by atoms with Gasteiger partial charge in [0.1, 0.15) is 11.9 Å². The third kappa shape index (κ3) is 1.85. The molecule has 1 aliphatic carbocycles. The Morgan fingerprint density at radius 1 is 1.50 bits per heavy atom. The lowest BCUT2D eigenvalue weighted by Crippen LogP contribution is -2.24. The van der Waals surface area contributed by atoms with Crippen LogP contribution in [0.1, 0.15) is 29.7 Å². The summed E-state index contributed by atoms with van der Waals surface area (Å²) in [6.45, 7) is 1.77. The predicted molar refractivity (Wildman–Crippen MR) is 68.6 cm³/mol. The highest BCUT2D eigenvalue weighted by atomic mass is 16.5. The lowest BCUT2D eigenvalue weighted by atomic mass is 10.1. The van der Waals surface area contributed by atoms with Crippen LogP contribution in [0.5, 0.6) is 0 Å². The van der Waals surface area contributed by atoms with Crippen LogP contribution < -0.4 is 4.90 Å². The Hall–Kier alpha value is -1.60. The Kier molecular flexibility index (Phi) is 2.92. The number of ether oxygens (including phenoxy) is 1. The molecular weight excluding hydrogens is 226 g/mol. The number of hydrogen-bond acceptors (Lipinski definition) is 4. The van der Waals surface area contributed by atoms with Gasteiger partial charge < -0.3 is 9.64 Å². The van der Waals surface area contributed by atoms with Crippen LogP contribution in [0.3, 0.4) is 0 Å². The van der Waals surface area contributed by atoms with E-state index in [-0.39, 0.29) is 6.10 Å². The van der Waals surface area contributed by atoms with Crippen molar-refractivity contribution in [3.63, 3.8) is 0 Å². The zero-order valence-electron chi connectivity index (χ0n) is 10.6. The maximum Gasteiger partial charge on any atom is 0.146 e. The molecule has 0 bridgehead atoms. The first kappa shape index (κ1) is 11.5. The van der Waals surface area contributed by atoms with E-state index in [1.807, 2.05) is 6.07 Å². The topological polar surface area (TPSA) is 49.1 Å². The monoisotopic (exact) mass is 243 g/mol. The van der Waals surface area contributed by atoms with Crippen molar-refractivity contribution in [2.75, 3.05) is 25.1 Å². The first-order valence-electron chi connectivity index (χ1n) is 6.52. The van der Waals surface area contributed by atoms with Gasteiger partial charge in [-0.1, -0.05) is 0 Å². The Balaban J connectivity index is 1.94. The van der Waals surface area contributed by atoms with Crippen LogP contribution in [-0.2, 0) is 17.6 Å². The van der Waals surface area contributed by atoms with Gasteiger partial charge in [-0.3, -0.25) is 0 Å². The first-order valence-corrected chi connectivity index (χ1v) is 6.52. The van der Waals surface area contributed by atoms with Gasteiger partial charge in [-0.05, 0) is 37.3 Å². The van der Waals surface area contributed by atoms with E-state index in [1.165, 1.54) is 11.3 Å². The van der Waals surface area contributed by atoms with E-state index in [0.717, 1.165) is 44.6 Å². The van der Waals surface area contributed by atoms with Crippen molar-refractivity contribution in [2.45, 2.75) is 31.8 Å². The number of aryl methyl sites for hydroxylation is 2. The summed E-state index contributed by atoms with van der Waals surface area (Å²) in [5.74, 6) is 0.859. The van der Waals surface area contributed by atoms with Crippen molar-refractivity contribution in [1.29, 1.82) is 5.26 Å². The molecule has 0 saturated carbocycles. The summed E-state index contributed by atoms with van der Waals surface area (Å²) in [6.07, 6.45) is 4.57. The van der Waals surface area contributed by atoms with Crippen LogP contribution in [-0.4, -0.2) is 31.3 Å². The highest BCUT2D eigenvalue weighted by molar-refractivity contribution is 5.57. The van der Waals surface area contributed by atoms with E-state index >= 15 is 0 Å². The summed E-state index contributed by atoms with van der Waals surface area (Å²) in [6, 6.07) is 4.32. The molecule has 1 unspecified atom stereocenters. The number of nitrogens with zero attached hydrogens (tertiary/aromatic N) is 3. The number of pyridine rings is 1. The van der Waals surface area contributed by atoms with Crippen molar-refractivity contribution < 1.29 is 4.74 Å². The van der Waals surface area contributed by atoms with Crippen molar-refractivity contribution in [1.82, 2.24) is 4.98 Å². The van der Waals surface area contributed by atoms with Crippen molar-refractivity contribution in [2.24, 2.45) is 0 Å². The number of rotatable bonds is 2. The smallest absolute Gasteiger partial charge is 0.146 e. The maximum atomic E-state index is 9.29. The molecule has 0 N–H and O–H groups in total. The molecule has 0 amide bonds. The summed E-state index contributed by atoms with van der Waals surface area (Å²) in [4.78, 5) is 6.91. The lowest BCUT2D eigenvalue weighted by Gasteiger charge is -2.19. The summed E-state index contributed by atoms with van der Waals surface area (Å²) in [5.41, 5.74) is 3.16. The maximum absolute atomic E-state index is 9.29. The first-order chi connectivity index (χ1) is 8.81. The molecule has 18 heavy (non-hydrogen) atoms. The molecule has 1 saturated heterocycles. The van der Waals surface area contributed by atoms with E-state index in [4.69, 9.17) is 9.72 Å². The third-order valence-corrected chi connectivity index (χ3v) is 3.93. The van der Waals surface area contributed by atoms with Gasteiger partial charge in [-0.15, -0.1) is 0 Å². The Morgan fingerprint density at radius 2 is 2.39 bits per heavy atom. The quantitative estimate of drug-likeness (QED) is 0.792. The van der Waals surface area contributed by atoms with Crippen LogP contribution in [0.4, 0.5) is 5.82 Å². The Bertz CT molecular complexity index is 506. The number of anilines is 1. The number of aromatic nitrogens is 1. The SMILES string of the molecule is COC1CCN(c2nc3c(cc2C#N)CCC3)C1. The standard InChI is InChI=1S/C14H17N3O/c1-18-12-5-6-17(9-12)14-11(8-15)7-10-3-2-4-13(10)16-14/h7,12H,2-6,9H2,1H3. The minimum atomic E-state index is 0.270. The highest BCUT2D eigenvalue weighted by Crippen LogP contribution is 2.29. The molecule has 4 nitrogen and oxygen atoms in total. The zero-order chi connectivity index (χ0) is 12.5. The van der Waals surface area contributed by atoms with E-state index in [0.29, 0.717) is 5.56 Å². The molecule has 0 spiro atoms. The van der Waals surface area contributed by atoms with Crippen LogP contribution in [0, 0.1) is 11.3 Å². The fourth-order valence-electron chi connectivity index (χ4n) is 2.90. The molecule has 1 aromatic rings. The van der Waals surface area contributed by atoms with Crippen molar-refractivity contribution in [3.05, 3.63) is 22.9 Å². The summed E-state index contributed by atoms with van der Waals surface area (Å²) in [5, 5.41) is 9.29. The predicted octanol–water partition coefficient (Wildman–Crippen LogP) is 1.67. The molecule has 0 radical (unpaired) electrons. The lowest BCUT2D eigenvalue weighted by molar-refractivity contribution is 0.121. The van der Waals surface area contributed by atoms with Gasteiger partial charge >= 0.3 is 0 Å². The normalized spacial score (nSPS) is 22.0. The third-order valence-electron chi connectivity index (χ3n) is 3.93. The van der Waals surface area contributed by atoms with Gasteiger partial charge in [0.25, 0.3) is 0 Å². The Morgan fingerprint density at radius 3 is 3.11 bits per heavy atom. The average molecular weight is 243 g/mol. The van der Waals surface area contributed by atoms with Crippen LogP contribution in [0.15, 0.2) is 6.07 Å². The number of hydrogen-bond donors (Lipinski definition) is 0. The van der Waals surface area contributed by atoms with Crippen molar-refractivity contribution >= 4 is 5.82 Å². The molecule has 2 aliphatic rings. The summed E-state index contributed by atoms with van der Waals surface area (Å²) >= 11 is 0. The molecule has 0 aromatic carbocycles. The summed E-state index contributed by atoms with van der Waals surface area (Å²) < 4.78 is 5.38. The van der Waals surface area contributed by atoms with Gasteiger partial charge in [0.15, 0.2) is 0 Å². The number of nitriles is 1. The molecule has 3 rings (SSSR count). The molecule has 1 aromatic heterocycles. The van der Waals surface area contributed by atoms with Gasteiger partial charge in [0.2, 0.25) is 0 Å². The van der Waals surface area contributed by atoms with Crippen LogP contribution in [0.2, 0.25) is 0 Å². The Labute approximate surface area is 107 Å². The van der Waals surface area contributed by atoms with Gasteiger partial charge in [-0.25, -0.2) is 4.98 Å². The van der Waals surface area contributed by atoms with E-state index < -0.39 is 0 Å². The minimum absolute atomic E-state index is 0.270. The minimum Gasteiger partial charge on any atom is -0.380 e. The molecule has 1 fully saturated rings. The molecule has 4 heteroatoms. The van der Waals surface area contributed by atoms with Gasteiger partial charge in [-0.2, -0.15) is 5.26 Å². The fraction of sp³-hybridized carbons (Fsp3) is 0.571. The second-order valence-corrected chi connectivity index (χ2v) is 5.02. The fourth-order valence-corrected chi connectivity index (χ4v) is 2.90. The zero-order valence-corrected chi connectivity index (χ0v) is 10.6. The second-order valence-electron chi connectivity index (χ2n) is 5.02. The van der Waals surface area contributed by atoms with Crippen LogP contribution in [0.25, 0.3) is 0 Å². The molecule has 94 valence electrons. The van der Waals surface area contributed by atoms with E-state index in [2.05, 4.69) is 11.0 Å². The highest BCUT2D eigenvalue weighted by Gasteiger charge is 2.26. The number of fused-ring (bicyclic) bond motifs is 1. The molecule has 1 atom stereocenters. The van der Waals surface area contributed by atoms with Crippen molar-refractivity contribution in [3.8, 4) is 6.07 Å². The van der Waals surface area contributed by atoms with Gasteiger partial charge in [0.05, 0.1) is 11.7 Å². The summed E-state index contributed by atoms with van der Waals surface area (Å²) in [7, 11) is 1.75. The molecule has 2 heterocycles. The van der Waals surface area contributed by atoms with E-state index in [1.54, 1.807) is 7.11 Å². The molecular formula is C14H17N3O. The second kappa shape index (κ2) is 4.58. The van der Waals surface area contributed by atoms with Crippen LogP contribution >= 0.6 is 0 Å².